The van der Waals surface area contributed by atoms with Gasteiger partial charge >= 0.3 is 0 Å². The number of hydrogen-bond acceptors (Lipinski definition) is 1. The maximum Gasteiger partial charge on any atom is 0.193 e. The van der Waals surface area contributed by atoms with Crippen LogP contribution >= 0.6 is 15.9 Å². The summed E-state index contributed by atoms with van der Waals surface area (Å²) in [5, 5.41) is 2.59. The summed E-state index contributed by atoms with van der Waals surface area (Å²) in [4.78, 5) is 4.11. The molecule has 0 amide bonds. The van der Waals surface area contributed by atoms with E-state index in [-0.39, 0.29) is 21.7 Å². The van der Waals surface area contributed by atoms with Crippen molar-refractivity contribution in [3.8, 4) is 0 Å². The van der Waals surface area contributed by atoms with Crippen LogP contribution in [0.3, 0.4) is 0 Å². The summed E-state index contributed by atoms with van der Waals surface area (Å²) < 4.78 is 26.5. The van der Waals surface area contributed by atoms with Crippen molar-refractivity contribution < 1.29 is 8.78 Å². The van der Waals surface area contributed by atoms with Crippen LogP contribution in [0.25, 0.3) is 0 Å². The topological polar surface area (TPSA) is 50.4 Å². The van der Waals surface area contributed by atoms with Gasteiger partial charge in [0.1, 0.15) is 11.6 Å². The van der Waals surface area contributed by atoms with Crippen molar-refractivity contribution in [2.75, 3.05) is 5.32 Å². The van der Waals surface area contributed by atoms with Crippen LogP contribution in [0.2, 0.25) is 0 Å². The second-order valence-corrected chi connectivity index (χ2v) is 5.39. The maximum absolute atomic E-state index is 13.4. The van der Waals surface area contributed by atoms with Crippen molar-refractivity contribution in [2.24, 2.45) is 10.7 Å². The molecule has 0 spiro atoms. The molecule has 1 aromatic rings. The van der Waals surface area contributed by atoms with E-state index in [1.807, 2.05) is 20.8 Å². The van der Waals surface area contributed by atoms with Crippen LogP contribution < -0.4 is 11.1 Å². The third-order valence-electron chi connectivity index (χ3n) is 1.73. The summed E-state index contributed by atoms with van der Waals surface area (Å²) in [6.07, 6.45) is 0. The highest BCUT2D eigenvalue weighted by molar-refractivity contribution is 9.10. The fourth-order valence-electron chi connectivity index (χ4n) is 1.15. The van der Waals surface area contributed by atoms with Gasteiger partial charge in [0, 0.05) is 6.07 Å². The lowest BCUT2D eigenvalue weighted by atomic mass is 10.1. The molecule has 3 nitrogen and oxygen atoms in total. The average Bonchev–Trinajstić information content (AvgIpc) is 2.11. The molecule has 1 rings (SSSR count). The van der Waals surface area contributed by atoms with Gasteiger partial charge in [-0.05, 0) is 42.8 Å². The minimum absolute atomic E-state index is 0.0729. The van der Waals surface area contributed by atoms with Crippen LogP contribution in [0.1, 0.15) is 20.8 Å². The number of nitrogens with zero attached hydrogens (tertiary/aromatic N) is 1. The zero-order chi connectivity index (χ0) is 13.2. The number of guanidine groups is 1. The third kappa shape index (κ3) is 4.30. The van der Waals surface area contributed by atoms with Crippen molar-refractivity contribution in [3.63, 3.8) is 0 Å². The lowest BCUT2D eigenvalue weighted by Crippen LogP contribution is -2.27. The van der Waals surface area contributed by atoms with Crippen molar-refractivity contribution in [2.45, 2.75) is 26.3 Å². The molecule has 1 aromatic carbocycles. The Kier molecular flexibility index (Phi) is 4.08. The van der Waals surface area contributed by atoms with Gasteiger partial charge in [0.15, 0.2) is 5.96 Å². The van der Waals surface area contributed by atoms with E-state index in [0.717, 1.165) is 6.07 Å². The smallest absolute Gasteiger partial charge is 0.193 e. The molecule has 0 atom stereocenters. The van der Waals surface area contributed by atoms with Gasteiger partial charge < -0.3 is 11.1 Å². The number of halogens is 3. The van der Waals surface area contributed by atoms with Crippen molar-refractivity contribution >= 4 is 27.6 Å². The van der Waals surface area contributed by atoms with Gasteiger partial charge in [-0.3, -0.25) is 0 Å². The first-order valence-corrected chi connectivity index (χ1v) is 5.75. The van der Waals surface area contributed by atoms with Gasteiger partial charge in [-0.15, -0.1) is 0 Å². The molecule has 0 aliphatic carbocycles. The molecule has 0 saturated carbocycles. The Labute approximate surface area is 107 Å². The number of aliphatic imine (C=N–C) groups is 1. The summed E-state index contributed by atoms with van der Waals surface area (Å²) in [5.74, 6) is -1.31. The molecule has 94 valence electrons. The first-order chi connectivity index (χ1) is 7.69. The highest BCUT2D eigenvalue weighted by Crippen LogP contribution is 2.23. The first kappa shape index (κ1) is 13.9. The van der Waals surface area contributed by atoms with Crippen LogP contribution in [0.4, 0.5) is 14.5 Å². The number of hydrogen-bond donors (Lipinski definition) is 2. The fraction of sp³-hybridized carbons (Fsp3) is 0.364. The van der Waals surface area contributed by atoms with E-state index in [4.69, 9.17) is 5.73 Å². The predicted octanol–water partition coefficient (Wildman–Crippen LogP) is 3.25. The van der Waals surface area contributed by atoms with Crippen LogP contribution in [-0.4, -0.2) is 11.5 Å². The zero-order valence-electron chi connectivity index (χ0n) is 9.81. The Morgan fingerprint density at radius 1 is 1.29 bits per heavy atom. The van der Waals surface area contributed by atoms with Gasteiger partial charge in [-0.2, -0.15) is 0 Å². The van der Waals surface area contributed by atoms with E-state index < -0.39 is 11.6 Å². The number of rotatable bonds is 1. The minimum atomic E-state index is -0.724. The number of nitrogens with one attached hydrogen (secondary N) is 1. The number of benzene rings is 1. The van der Waals surface area contributed by atoms with Gasteiger partial charge in [0.05, 0.1) is 15.7 Å². The summed E-state index contributed by atoms with van der Waals surface area (Å²) in [6.45, 7) is 5.58. The standard InChI is InChI=1S/C11H14BrF2N3/c1-11(2,3)17-10(15)16-9-4-6(12)7(13)5-8(9)14/h4-5H,1-3H3,(H3,15,16,17). The van der Waals surface area contributed by atoms with Gasteiger partial charge in [-0.25, -0.2) is 13.8 Å². The third-order valence-corrected chi connectivity index (χ3v) is 2.34. The van der Waals surface area contributed by atoms with E-state index >= 15 is 0 Å². The molecule has 17 heavy (non-hydrogen) atoms. The highest BCUT2D eigenvalue weighted by atomic mass is 79.9. The van der Waals surface area contributed by atoms with Crippen LogP contribution in [0.15, 0.2) is 21.6 Å². The minimum Gasteiger partial charge on any atom is -0.370 e. The molecule has 6 heteroatoms. The van der Waals surface area contributed by atoms with Crippen LogP contribution in [0, 0.1) is 11.6 Å². The molecule has 3 N–H and O–H groups in total. The lowest BCUT2D eigenvalue weighted by molar-refractivity contribution is 0.578. The van der Waals surface area contributed by atoms with E-state index in [2.05, 4.69) is 26.2 Å². The Hall–Kier alpha value is -1.17. The first-order valence-electron chi connectivity index (χ1n) is 4.96. The second kappa shape index (κ2) is 5.00. The SMILES string of the molecule is CC(C)(C)N=C(N)Nc1cc(Br)c(F)cc1F. The van der Waals surface area contributed by atoms with Gasteiger partial charge in [0.25, 0.3) is 0 Å². The maximum atomic E-state index is 13.4. The molecule has 0 unspecified atom stereocenters. The Balaban J connectivity index is 2.97. The van der Waals surface area contributed by atoms with Crippen LogP contribution in [-0.2, 0) is 0 Å². The van der Waals surface area contributed by atoms with E-state index in [9.17, 15) is 8.78 Å². The van der Waals surface area contributed by atoms with Crippen molar-refractivity contribution in [3.05, 3.63) is 28.2 Å². The van der Waals surface area contributed by atoms with E-state index in [1.54, 1.807) is 0 Å². The monoisotopic (exact) mass is 305 g/mol. The molecule has 0 aliphatic heterocycles. The van der Waals surface area contributed by atoms with Crippen molar-refractivity contribution in [1.82, 2.24) is 0 Å². The molecule has 0 radical (unpaired) electrons. The molecule has 0 bridgehead atoms. The largest absolute Gasteiger partial charge is 0.370 e. The molecular formula is C11H14BrF2N3. The Bertz CT molecular complexity index is 453. The number of anilines is 1. The van der Waals surface area contributed by atoms with Gasteiger partial charge in [-0.1, -0.05) is 0 Å². The van der Waals surface area contributed by atoms with E-state index in [0.29, 0.717) is 0 Å². The van der Waals surface area contributed by atoms with Gasteiger partial charge in [0.2, 0.25) is 0 Å². The quantitative estimate of drug-likeness (QED) is 0.475. The molecule has 0 saturated heterocycles. The summed E-state index contributed by atoms with van der Waals surface area (Å²) >= 11 is 2.97. The average molecular weight is 306 g/mol. The number of nitrogens with two attached hydrogens (primary N) is 1. The van der Waals surface area contributed by atoms with E-state index in [1.165, 1.54) is 6.07 Å². The highest BCUT2D eigenvalue weighted by Gasteiger charge is 2.11. The summed E-state index contributed by atoms with van der Waals surface area (Å²) in [7, 11) is 0. The molecule has 0 heterocycles. The van der Waals surface area contributed by atoms with Crippen LogP contribution in [0.5, 0.6) is 0 Å². The summed E-state index contributed by atoms with van der Waals surface area (Å²) in [6, 6.07) is 2.05. The van der Waals surface area contributed by atoms with Crippen molar-refractivity contribution in [1.29, 1.82) is 0 Å². The second-order valence-electron chi connectivity index (χ2n) is 4.54. The summed E-state index contributed by atoms with van der Waals surface area (Å²) in [5.41, 5.74) is 5.31. The predicted molar refractivity (Wildman–Crippen MR) is 69.1 cm³/mol. The molecular weight excluding hydrogens is 292 g/mol. The molecule has 0 aromatic heterocycles. The molecule has 0 aliphatic rings. The lowest BCUT2D eigenvalue weighted by Gasteiger charge is -2.15. The molecule has 0 fully saturated rings. The Morgan fingerprint density at radius 3 is 2.41 bits per heavy atom. The normalized spacial score (nSPS) is 12.7. The Morgan fingerprint density at radius 2 is 1.88 bits per heavy atom. The zero-order valence-corrected chi connectivity index (χ0v) is 11.4. The fourth-order valence-corrected chi connectivity index (χ4v) is 1.49.